The van der Waals surface area contributed by atoms with Crippen LogP contribution in [0.2, 0.25) is 0 Å². The van der Waals surface area contributed by atoms with Crippen LogP contribution in [-0.2, 0) is 4.75 Å². The summed E-state index contributed by atoms with van der Waals surface area (Å²) in [5, 5.41) is 0. The average Bonchev–Trinajstić information content (AvgIpc) is 2.19. The summed E-state index contributed by atoms with van der Waals surface area (Å²) in [5.74, 6) is 1.06. The van der Waals surface area contributed by atoms with Gasteiger partial charge in [0.15, 0.2) is 0 Å². The SMILES string of the molecule is CSC1(C)CCOc2ccccc21. The smallest absolute Gasteiger partial charge is 0.123 e. The zero-order valence-electron chi connectivity index (χ0n) is 8.04. The molecular weight excluding hydrogens is 180 g/mol. The van der Waals surface area contributed by atoms with Crippen molar-refractivity contribution in [3.63, 3.8) is 0 Å². The van der Waals surface area contributed by atoms with E-state index in [-0.39, 0.29) is 4.75 Å². The predicted octanol–water partition coefficient (Wildman–Crippen LogP) is 3.05. The second-order valence-electron chi connectivity index (χ2n) is 3.53. The first kappa shape index (κ1) is 8.95. The maximum absolute atomic E-state index is 5.61. The Morgan fingerprint density at radius 2 is 2.15 bits per heavy atom. The number of thioether (sulfide) groups is 1. The van der Waals surface area contributed by atoms with Gasteiger partial charge in [0.1, 0.15) is 5.75 Å². The molecule has 0 amide bonds. The molecule has 0 saturated carbocycles. The van der Waals surface area contributed by atoms with Gasteiger partial charge in [-0.3, -0.25) is 0 Å². The van der Waals surface area contributed by atoms with E-state index >= 15 is 0 Å². The molecule has 70 valence electrons. The van der Waals surface area contributed by atoms with Crippen molar-refractivity contribution in [2.45, 2.75) is 18.1 Å². The lowest BCUT2D eigenvalue weighted by Gasteiger charge is -2.34. The molecule has 0 fully saturated rings. The molecule has 2 heteroatoms. The van der Waals surface area contributed by atoms with Gasteiger partial charge in [-0.2, -0.15) is 11.8 Å². The van der Waals surface area contributed by atoms with Gasteiger partial charge in [-0.1, -0.05) is 18.2 Å². The van der Waals surface area contributed by atoms with Crippen LogP contribution in [0.15, 0.2) is 24.3 Å². The number of benzene rings is 1. The molecule has 0 radical (unpaired) electrons. The van der Waals surface area contributed by atoms with Crippen molar-refractivity contribution >= 4 is 11.8 Å². The second-order valence-corrected chi connectivity index (χ2v) is 4.84. The molecule has 0 aromatic heterocycles. The molecule has 2 rings (SSSR count). The van der Waals surface area contributed by atoms with Crippen molar-refractivity contribution in [3.8, 4) is 5.75 Å². The highest BCUT2D eigenvalue weighted by atomic mass is 32.2. The average molecular weight is 194 g/mol. The van der Waals surface area contributed by atoms with Gasteiger partial charge in [0.25, 0.3) is 0 Å². The van der Waals surface area contributed by atoms with Gasteiger partial charge in [-0.15, -0.1) is 0 Å². The molecule has 13 heavy (non-hydrogen) atoms. The first-order valence-corrected chi connectivity index (χ1v) is 5.76. The molecule has 1 aromatic rings. The minimum atomic E-state index is 0.245. The molecule has 1 aromatic carbocycles. The summed E-state index contributed by atoms with van der Waals surface area (Å²) in [7, 11) is 0. The van der Waals surface area contributed by atoms with Crippen LogP contribution in [0.5, 0.6) is 5.75 Å². The quantitative estimate of drug-likeness (QED) is 0.679. The van der Waals surface area contributed by atoms with E-state index in [0.717, 1.165) is 18.8 Å². The Morgan fingerprint density at radius 1 is 1.38 bits per heavy atom. The summed E-state index contributed by atoms with van der Waals surface area (Å²) >= 11 is 1.91. The fourth-order valence-electron chi connectivity index (χ4n) is 1.73. The topological polar surface area (TPSA) is 9.23 Å². The summed E-state index contributed by atoms with van der Waals surface area (Å²) in [6, 6.07) is 8.35. The third kappa shape index (κ3) is 1.44. The summed E-state index contributed by atoms with van der Waals surface area (Å²) in [6.45, 7) is 3.13. The molecule has 1 nitrogen and oxygen atoms in total. The lowest BCUT2D eigenvalue weighted by atomic mass is 9.94. The van der Waals surface area contributed by atoms with E-state index < -0.39 is 0 Å². The Bertz CT molecular complexity index is 311. The molecule has 0 saturated heterocycles. The molecule has 1 aliphatic heterocycles. The van der Waals surface area contributed by atoms with Gasteiger partial charge in [-0.05, 0) is 19.2 Å². The lowest BCUT2D eigenvalue weighted by molar-refractivity contribution is 0.262. The van der Waals surface area contributed by atoms with Crippen LogP contribution in [0.3, 0.4) is 0 Å². The van der Waals surface area contributed by atoms with Gasteiger partial charge in [0.05, 0.1) is 6.61 Å². The fourth-order valence-corrected chi connectivity index (χ4v) is 2.41. The van der Waals surface area contributed by atoms with Gasteiger partial charge in [0, 0.05) is 16.7 Å². The number of fused-ring (bicyclic) bond motifs is 1. The fraction of sp³-hybridized carbons (Fsp3) is 0.455. The van der Waals surface area contributed by atoms with Crippen LogP contribution in [0.4, 0.5) is 0 Å². The Labute approximate surface area is 83.5 Å². The molecule has 1 atom stereocenters. The minimum Gasteiger partial charge on any atom is -0.493 e. The van der Waals surface area contributed by atoms with Crippen molar-refractivity contribution in [3.05, 3.63) is 29.8 Å². The predicted molar refractivity (Wildman–Crippen MR) is 57.4 cm³/mol. The third-order valence-electron chi connectivity index (χ3n) is 2.74. The monoisotopic (exact) mass is 194 g/mol. The molecule has 0 aliphatic carbocycles. The highest BCUT2D eigenvalue weighted by Gasteiger charge is 2.31. The van der Waals surface area contributed by atoms with E-state index in [2.05, 4.69) is 31.4 Å². The van der Waals surface area contributed by atoms with E-state index in [9.17, 15) is 0 Å². The number of hydrogen-bond donors (Lipinski definition) is 0. The molecule has 1 unspecified atom stereocenters. The van der Waals surface area contributed by atoms with Crippen LogP contribution >= 0.6 is 11.8 Å². The van der Waals surface area contributed by atoms with Crippen LogP contribution < -0.4 is 4.74 Å². The second kappa shape index (κ2) is 3.26. The van der Waals surface area contributed by atoms with E-state index in [1.165, 1.54) is 5.56 Å². The number of hydrogen-bond acceptors (Lipinski definition) is 2. The highest BCUT2D eigenvalue weighted by molar-refractivity contribution is 7.99. The number of ether oxygens (including phenoxy) is 1. The normalized spacial score (nSPS) is 26.3. The van der Waals surface area contributed by atoms with E-state index in [0.29, 0.717) is 0 Å². The standard InChI is InChI=1S/C11H14OS/c1-11(13-2)7-8-12-10-6-4-3-5-9(10)11/h3-6H,7-8H2,1-2H3. The Balaban J connectivity index is 2.48. The molecule has 0 spiro atoms. The van der Waals surface area contributed by atoms with Crippen LogP contribution in [0.1, 0.15) is 18.9 Å². The van der Waals surface area contributed by atoms with Gasteiger partial charge >= 0.3 is 0 Å². The molecule has 0 N–H and O–H groups in total. The number of rotatable bonds is 1. The molecule has 1 heterocycles. The van der Waals surface area contributed by atoms with Gasteiger partial charge < -0.3 is 4.74 Å². The van der Waals surface area contributed by atoms with Gasteiger partial charge in [-0.25, -0.2) is 0 Å². The Hall–Kier alpha value is -0.630. The Kier molecular flexibility index (Phi) is 2.24. The first-order valence-electron chi connectivity index (χ1n) is 4.54. The van der Waals surface area contributed by atoms with Crippen LogP contribution in [-0.4, -0.2) is 12.9 Å². The maximum atomic E-state index is 5.61. The van der Waals surface area contributed by atoms with Crippen molar-refractivity contribution in [1.82, 2.24) is 0 Å². The number of para-hydroxylation sites is 1. The lowest BCUT2D eigenvalue weighted by Crippen LogP contribution is -2.26. The van der Waals surface area contributed by atoms with E-state index in [4.69, 9.17) is 4.74 Å². The van der Waals surface area contributed by atoms with Crippen molar-refractivity contribution < 1.29 is 4.74 Å². The van der Waals surface area contributed by atoms with E-state index in [1.54, 1.807) is 0 Å². The molecule has 0 bridgehead atoms. The highest BCUT2D eigenvalue weighted by Crippen LogP contribution is 2.44. The molecule has 1 aliphatic rings. The first-order chi connectivity index (χ1) is 6.26. The van der Waals surface area contributed by atoms with Crippen LogP contribution in [0.25, 0.3) is 0 Å². The summed E-state index contributed by atoms with van der Waals surface area (Å²) in [4.78, 5) is 0. The Morgan fingerprint density at radius 3 is 2.92 bits per heavy atom. The summed E-state index contributed by atoms with van der Waals surface area (Å²) < 4.78 is 5.85. The van der Waals surface area contributed by atoms with E-state index in [1.807, 2.05) is 17.8 Å². The van der Waals surface area contributed by atoms with Crippen LogP contribution in [0, 0.1) is 0 Å². The van der Waals surface area contributed by atoms with Crippen molar-refractivity contribution in [2.24, 2.45) is 0 Å². The maximum Gasteiger partial charge on any atom is 0.123 e. The largest absolute Gasteiger partial charge is 0.493 e. The summed E-state index contributed by atoms with van der Waals surface area (Å²) in [5.41, 5.74) is 1.34. The van der Waals surface area contributed by atoms with Crippen molar-refractivity contribution in [2.75, 3.05) is 12.9 Å². The zero-order valence-corrected chi connectivity index (χ0v) is 8.86. The van der Waals surface area contributed by atoms with Gasteiger partial charge in [0.2, 0.25) is 0 Å². The minimum absolute atomic E-state index is 0.245. The molecular formula is C11H14OS. The third-order valence-corrected chi connectivity index (χ3v) is 4.07. The summed E-state index contributed by atoms with van der Waals surface area (Å²) in [6.07, 6.45) is 3.27. The zero-order chi connectivity index (χ0) is 9.31. The van der Waals surface area contributed by atoms with Crippen molar-refractivity contribution in [1.29, 1.82) is 0 Å².